The second kappa shape index (κ2) is 11.9. The summed E-state index contributed by atoms with van der Waals surface area (Å²) in [6.45, 7) is 3.48. The first-order valence-electron chi connectivity index (χ1n) is 8.69. The first kappa shape index (κ1) is 24.2. The van der Waals surface area contributed by atoms with Crippen LogP contribution in [0.4, 0.5) is 0 Å². The molecule has 0 fully saturated rings. The highest BCUT2D eigenvalue weighted by Crippen LogP contribution is 2.26. The van der Waals surface area contributed by atoms with Crippen LogP contribution >= 0.6 is 36.2 Å². The number of nitrogens with two attached hydrogens (primary N) is 1. The number of rotatable bonds is 8. The molecule has 2 heterocycles. The predicted octanol–water partition coefficient (Wildman–Crippen LogP) is 4.13. The number of aromatic nitrogens is 1. The molecule has 0 spiro atoms. The zero-order valence-corrected chi connectivity index (χ0v) is 18.1. The minimum absolute atomic E-state index is 0. The van der Waals surface area contributed by atoms with E-state index in [0.717, 1.165) is 11.3 Å². The zero-order chi connectivity index (χ0) is 18.4. The first-order valence-corrected chi connectivity index (χ1v) is 9.57. The normalized spacial score (nSPS) is 10.1. The van der Waals surface area contributed by atoms with Crippen molar-refractivity contribution in [2.24, 2.45) is 5.73 Å². The second-order valence-electron chi connectivity index (χ2n) is 6.08. The van der Waals surface area contributed by atoms with Gasteiger partial charge in [0.25, 0.3) is 0 Å². The van der Waals surface area contributed by atoms with Crippen molar-refractivity contribution in [3.63, 3.8) is 0 Å². The van der Waals surface area contributed by atoms with Crippen molar-refractivity contribution in [1.82, 2.24) is 9.88 Å². The molecule has 0 saturated heterocycles. The van der Waals surface area contributed by atoms with Crippen LogP contribution in [-0.2, 0) is 17.6 Å². The summed E-state index contributed by atoms with van der Waals surface area (Å²) < 4.78 is 5.73. The maximum absolute atomic E-state index is 12.8. The Morgan fingerprint density at radius 3 is 2.54 bits per heavy atom. The molecule has 152 valence electrons. The molecule has 5 nitrogen and oxygen atoms in total. The Hall–Kier alpha value is -1.86. The summed E-state index contributed by atoms with van der Waals surface area (Å²) in [7, 11) is 0. The number of amides is 1. The number of carbonyl (C=O) groups excluding carboxylic acids is 1. The molecule has 0 bridgehead atoms. The molecule has 0 atom stereocenters. The maximum Gasteiger partial charge on any atom is 0.236 e. The van der Waals surface area contributed by atoms with Gasteiger partial charge in [0.1, 0.15) is 5.76 Å². The van der Waals surface area contributed by atoms with Gasteiger partial charge >= 0.3 is 0 Å². The molecule has 3 rings (SSSR count). The molecule has 0 aliphatic carbocycles. The van der Waals surface area contributed by atoms with E-state index in [2.05, 4.69) is 17.1 Å². The van der Waals surface area contributed by atoms with Gasteiger partial charge in [0.2, 0.25) is 11.8 Å². The number of oxazole rings is 1. The number of nitrogens with zero attached hydrogens (tertiary/aromatic N) is 2. The van der Waals surface area contributed by atoms with Gasteiger partial charge in [-0.25, -0.2) is 4.98 Å². The number of thiophene rings is 1. The van der Waals surface area contributed by atoms with Crippen LogP contribution in [0.1, 0.15) is 17.0 Å². The van der Waals surface area contributed by atoms with Crippen LogP contribution in [0.2, 0.25) is 0 Å². The van der Waals surface area contributed by atoms with Crippen LogP contribution in [0.15, 0.2) is 52.3 Å². The highest BCUT2D eigenvalue weighted by molar-refractivity contribution is 7.13. The largest absolute Gasteiger partial charge is 0.440 e. The average Bonchev–Trinajstić information content (AvgIpc) is 3.30. The highest BCUT2D eigenvalue weighted by atomic mass is 35.5. The van der Waals surface area contributed by atoms with Crippen molar-refractivity contribution in [3.8, 4) is 10.8 Å². The minimum atomic E-state index is 0. The topological polar surface area (TPSA) is 72.4 Å². The fraction of sp³-hybridized carbons (Fsp3) is 0.300. The Balaban J connectivity index is 0.00000196. The predicted molar refractivity (Wildman–Crippen MR) is 119 cm³/mol. The third-order valence-electron chi connectivity index (χ3n) is 4.21. The monoisotopic (exact) mass is 441 g/mol. The average molecular weight is 442 g/mol. The molecule has 0 radical (unpaired) electrons. The van der Waals surface area contributed by atoms with E-state index >= 15 is 0 Å². The van der Waals surface area contributed by atoms with Crippen molar-refractivity contribution in [2.45, 2.75) is 19.8 Å². The van der Waals surface area contributed by atoms with E-state index in [1.807, 2.05) is 47.5 Å². The van der Waals surface area contributed by atoms with Gasteiger partial charge < -0.3 is 15.1 Å². The van der Waals surface area contributed by atoms with E-state index in [4.69, 9.17) is 10.2 Å². The maximum atomic E-state index is 12.8. The Bertz CT molecular complexity index is 839. The molecule has 0 aliphatic heterocycles. The molecule has 0 unspecified atom stereocenters. The van der Waals surface area contributed by atoms with Gasteiger partial charge in [0.05, 0.1) is 17.0 Å². The fourth-order valence-corrected chi connectivity index (χ4v) is 3.43. The number of aryl methyl sites for hydroxylation is 1. The molecular weight excluding hydrogens is 417 g/mol. The molecule has 28 heavy (non-hydrogen) atoms. The lowest BCUT2D eigenvalue weighted by molar-refractivity contribution is -0.130. The van der Waals surface area contributed by atoms with Crippen LogP contribution < -0.4 is 5.73 Å². The van der Waals surface area contributed by atoms with E-state index in [0.29, 0.717) is 37.0 Å². The SMILES string of the molecule is Cc1oc(-c2cccs2)nc1CC(=O)N(CCN)CCc1ccccc1.Cl.Cl. The standard InChI is InChI=1S/C20H23N3O2S.2ClH/c1-15-17(22-20(25-15)18-8-5-13-26-18)14-19(24)23(12-10-21)11-9-16-6-3-2-4-7-16;;/h2-8,13H,9-12,14,21H2,1H3;2*1H. The van der Waals surface area contributed by atoms with Crippen LogP contribution in [0, 0.1) is 6.92 Å². The van der Waals surface area contributed by atoms with Crippen molar-refractivity contribution in [1.29, 1.82) is 0 Å². The van der Waals surface area contributed by atoms with Crippen molar-refractivity contribution >= 4 is 42.1 Å². The second-order valence-corrected chi connectivity index (χ2v) is 7.03. The summed E-state index contributed by atoms with van der Waals surface area (Å²) in [5, 5.41) is 1.98. The quantitative estimate of drug-likeness (QED) is 0.570. The third kappa shape index (κ3) is 6.34. The third-order valence-corrected chi connectivity index (χ3v) is 5.07. The van der Waals surface area contributed by atoms with Gasteiger partial charge in [-0.2, -0.15) is 0 Å². The lowest BCUT2D eigenvalue weighted by Gasteiger charge is -2.21. The zero-order valence-electron chi connectivity index (χ0n) is 15.7. The Morgan fingerprint density at radius 1 is 1.14 bits per heavy atom. The minimum Gasteiger partial charge on any atom is -0.440 e. The number of carbonyl (C=O) groups is 1. The molecule has 8 heteroatoms. The molecule has 1 amide bonds. The van der Waals surface area contributed by atoms with Crippen LogP contribution in [0.5, 0.6) is 0 Å². The van der Waals surface area contributed by atoms with Gasteiger partial charge in [0.15, 0.2) is 0 Å². The first-order chi connectivity index (χ1) is 12.7. The van der Waals surface area contributed by atoms with Crippen molar-refractivity contribution < 1.29 is 9.21 Å². The Labute approximate surface area is 181 Å². The summed E-state index contributed by atoms with van der Waals surface area (Å²) >= 11 is 1.57. The van der Waals surface area contributed by atoms with Gasteiger partial charge in [-0.05, 0) is 30.4 Å². The number of benzene rings is 1. The van der Waals surface area contributed by atoms with E-state index in [-0.39, 0.29) is 37.1 Å². The molecule has 0 saturated carbocycles. The molecular formula is C20H25Cl2N3O2S. The van der Waals surface area contributed by atoms with Gasteiger partial charge in [-0.1, -0.05) is 36.4 Å². The lowest BCUT2D eigenvalue weighted by atomic mass is 10.1. The number of halogens is 2. The Kier molecular flexibility index (Phi) is 10.2. The molecule has 2 aromatic heterocycles. The molecule has 3 aromatic rings. The van der Waals surface area contributed by atoms with Gasteiger partial charge in [-0.15, -0.1) is 36.2 Å². The Morgan fingerprint density at radius 2 is 1.89 bits per heavy atom. The van der Waals surface area contributed by atoms with E-state index < -0.39 is 0 Å². The summed E-state index contributed by atoms with van der Waals surface area (Å²) in [6.07, 6.45) is 1.04. The number of hydrogen-bond donors (Lipinski definition) is 1. The van der Waals surface area contributed by atoms with E-state index in [9.17, 15) is 4.79 Å². The van der Waals surface area contributed by atoms with Gasteiger partial charge in [-0.3, -0.25) is 4.79 Å². The lowest BCUT2D eigenvalue weighted by Crippen LogP contribution is -2.38. The van der Waals surface area contributed by atoms with Crippen molar-refractivity contribution in [3.05, 3.63) is 64.9 Å². The van der Waals surface area contributed by atoms with E-state index in [1.165, 1.54) is 5.56 Å². The number of hydrogen-bond acceptors (Lipinski definition) is 5. The van der Waals surface area contributed by atoms with Crippen LogP contribution in [0.25, 0.3) is 10.8 Å². The molecule has 0 aliphatic rings. The summed E-state index contributed by atoms with van der Waals surface area (Å²) in [5.41, 5.74) is 7.60. The molecule has 2 N–H and O–H groups in total. The van der Waals surface area contributed by atoms with Crippen LogP contribution in [0.3, 0.4) is 0 Å². The molecule has 1 aromatic carbocycles. The fourth-order valence-electron chi connectivity index (χ4n) is 2.78. The smallest absolute Gasteiger partial charge is 0.236 e. The summed E-state index contributed by atoms with van der Waals surface area (Å²) in [6, 6.07) is 14.1. The van der Waals surface area contributed by atoms with E-state index in [1.54, 1.807) is 11.3 Å². The van der Waals surface area contributed by atoms with Gasteiger partial charge in [0, 0.05) is 19.6 Å². The van der Waals surface area contributed by atoms with Crippen LogP contribution in [-0.4, -0.2) is 35.4 Å². The highest BCUT2D eigenvalue weighted by Gasteiger charge is 2.19. The van der Waals surface area contributed by atoms with Crippen molar-refractivity contribution in [2.75, 3.05) is 19.6 Å². The summed E-state index contributed by atoms with van der Waals surface area (Å²) in [4.78, 5) is 20.1. The summed E-state index contributed by atoms with van der Waals surface area (Å²) in [5.74, 6) is 1.30.